The zero-order chi connectivity index (χ0) is 15.1. The van der Waals surface area contributed by atoms with Crippen molar-refractivity contribution in [3.05, 3.63) is 64.1 Å². The van der Waals surface area contributed by atoms with Crippen molar-refractivity contribution in [3.63, 3.8) is 0 Å². The van der Waals surface area contributed by atoms with Crippen molar-refractivity contribution in [1.29, 1.82) is 0 Å². The van der Waals surface area contributed by atoms with Crippen LogP contribution in [0.15, 0.2) is 41.2 Å². The van der Waals surface area contributed by atoms with Crippen molar-refractivity contribution in [1.82, 2.24) is 9.55 Å². The van der Waals surface area contributed by atoms with Crippen LogP contribution in [0.25, 0.3) is 16.7 Å². The summed E-state index contributed by atoms with van der Waals surface area (Å²) in [7, 11) is 0. The fourth-order valence-electron chi connectivity index (χ4n) is 2.14. The first-order chi connectivity index (χ1) is 9.99. The van der Waals surface area contributed by atoms with Gasteiger partial charge in [0.2, 0.25) is 0 Å². The number of fused-ring (bicyclic) bond motifs is 1. The molecular weight excluding hydrogens is 282 g/mol. The van der Waals surface area contributed by atoms with Gasteiger partial charge in [-0.15, -0.1) is 0 Å². The fraction of sp³-hybridized carbons (Fsp3) is 0. The van der Waals surface area contributed by atoms with Crippen molar-refractivity contribution >= 4 is 17.0 Å². The van der Waals surface area contributed by atoms with Crippen LogP contribution in [0.2, 0.25) is 0 Å². The van der Waals surface area contributed by atoms with Gasteiger partial charge in [0.1, 0.15) is 0 Å². The van der Waals surface area contributed by atoms with Gasteiger partial charge in [-0.25, -0.2) is 18.4 Å². The minimum Gasteiger partial charge on any atom is -0.478 e. The van der Waals surface area contributed by atoms with Gasteiger partial charge in [0.25, 0.3) is 0 Å². The molecule has 21 heavy (non-hydrogen) atoms. The number of hydrogen-bond acceptors (Lipinski definition) is 2. The van der Waals surface area contributed by atoms with Crippen LogP contribution in [-0.4, -0.2) is 20.6 Å². The fourth-order valence-corrected chi connectivity index (χ4v) is 2.14. The third-order valence-electron chi connectivity index (χ3n) is 3.10. The summed E-state index contributed by atoms with van der Waals surface area (Å²) in [5.74, 6) is -3.46. The Hall–Kier alpha value is -2.96. The van der Waals surface area contributed by atoms with Gasteiger partial charge >= 0.3 is 11.7 Å². The number of halogens is 2. The van der Waals surface area contributed by atoms with Gasteiger partial charge in [0.05, 0.1) is 22.3 Å². The molecule has 0 atom stereocenters. The zero-order valence-electron chi connectivity index (χ0n) is 10.4. The number of carbonyl (C=O) groups is 1. The summed E-state index contributed by atoms with van der Waals surface area (Å²) in [6.07, 6.45) is 0. The summed E-state index contributed by atoms with van der Waals surface area (Å²) in [6, 6.07) is 7.36. The molecule has 0 aliphatic rings. The van der Waals surface area contributed by atoms with E-state index in [0.29, 0.717) is 5.52 Å². The van der Waals surface area contributed by atoms with Crippen LogP contribution < -0.4 is 5.69 Å². The second-order valence-corrected chi connectivity index (χ2v) is 4.38. The Morgan fingerprint density at radius 3 is 2.67 bits per heavy atom. The maximum absolute atomic E-state index is 13.9. The summed E-state index contributed by atoms with van der Waals surface area (Å²) < 4.78 is 28.1. The van der Waals surface area contributed by atoms with E-state index in [1.165, 1.54) is 30.3 Å². The smallest absolute Gasteiger partial charge is 0.335 e. The molecule has 0 aliphatic carbocycles. The van der Waals surface area contributed by atoms with Crippen LogP contribution in [0.4, 0.5) is 8.78 Å². The standard InChI is InChI=1S/C14H8F2N2O3/c15-8-2-1-3-10(12(8)16)18-11-6-7(13(19)20)4-5-9(11)17-14(18)21/h1-6H,(H,17,21)(H,19,20). The normalized spacial score (nSPS) is 11.0. The van der Waals surface area contributed by atoms with Gasteiger partial charge in [-0.05, 0) is 30.3 Å². The minimum absolute atomic E-state index is 0.0629. The van der Waals surface area contributed by atoms with Crippen LogP contribution in [0.1, 0.15) is 10.4 Å². The number of aromatic nitrogens is 2. The number of aromatic amines is 1. The van der Waals surface area contributed by atoms with E-state index >= 15 is 0 Å². The van der Waals surface area contributed by atoms with Crippen molar-refractivity contribution < 1.29 is 18.7 Å². The van der Waals surface area contributed by atoms with E-state index in [2.05, 4.69) is 4.98 Å². The van der Waals surface area contributed by atoms with Gasteiger partial charge in [0, 0.05) is 0 Å². The van der Waals surface area contributed by atoms with E-state index < -0.39 is 23.3 Å². The molecule has 3 rings (SSSR count). The highest BCUT2D eigenvalue weighted by atomic mass is 19.2. The summed E-state index contributed by atoms with van der Waals surface area (Å²) in [5, 5.41) is 8.98. The zero-order valence-corrected chi connectivity index (χ0v) is 10.4. The van der Waals surface area contributed by atoms with Gasteiger partial charge < -0.3 is 10.1 Å². The molecule has 0 spiro atoms. The molecule has 106 valence electrons. The molecule has 1 heterocycles. The Morgan fingerprint density at radius 2 is 1.95 bits per heavy atom. The Balaban J connectivity index is 2.39. The minimum atomic E-state index is -1.18. The molecule has 5 nitrogen and oxygen atoms in total. The van der Waals surface area contributed by atoms with Crippen LogP contribution in [0.5, 0.6) is 0 Å². The number of benzene rings is 2. The molecule has 0 radical (unpaired) electrons. The van der Waals surface area contributed by atoms with Crippen LogP contribution >= 0.6 is 0 Å². The Bertz CT molecular complexity index is 928. The van der Waals surface area contributed by atoms with E-state index in [-0.39, 0.29) is 16.8 Å². The predicted octanol–water partition coefficient (Wildman–Crippen LogP) is 2.30. The van der Waals surface area contributed by atoms with Crippen molar-refractivity contribution in [2.45, 2.75) is 0 Å². The topological polar surface area (TPSA) is 75.1 Å². The molecule has 0 saturated carbocycles. The van der Waals surface area contributed by atoms with Crippen LogP contribution in [-0.2, 0) is 0 Å². The molecule has 0 unspecified atom stereocenters. The summed E-state index contributed by atoms with van der Waals surface area (Å²) >= 11 is 0. The second-order valence-electron chi connectivity index (χ2n) is 4.38. The Labute approximate surface area is 116 Å². The van der Waals surface area contributed by atoms with E-state index in [1.807, 2.05) is 0 Å². The van der Waals surface area contributed by atoms with Crippen molar-refractivity contribution in [2.75, 3.05) is 0 Å². The third kappa shape index (κ3) is 1.99. The third-order valence-corrected chi connectivity index (χ3v) is 3.10. The highest BCUT2D eigenvalue weighted by molar-refractivity contribution is 5.92. The molecule has 2 N–H and O–H groups in total. The first-order valence-electron chi connectivity index (χ1n) is 5.91. The number of hydrogen-bond donors (Lipinski definition) is 2. The lowest BCUT2D eigenvalue weighted by atomic mass is 10.2. The van der Waals surface area contributed by atoms with E-state index in [1.54, 1.807) is 0 Å². The maximum Gasteiger partial charge on any atom is 0.335 e. The predicted molar refractivity (Wildman–Crippen MR) is 70.8 cm³/mol. The summed E-state index contributed by atoms with van der Waals surface area (Å²) in [6.45, 7) is 0. The number of nitrogens with zero attached hydrogens (tertiary/aromatic N) is 1. The largest absolute Gasteiger partial charge is 0.478 e. The number of rotatable bonds is 2. The SMILES string of the molecule is O=C(O)c1ccc2[nH]c(=O)n(-c3cccc(F)c3F)c2c1. The first-order valence-corrected chi connectivity index (χ1v) is 5.91. The number of imidazole rings is 1. The lowest BCUT2D eigenvalue weighted by Gasteiger charge is -2.05. The number of aromatic carboxylic acids is 1. The lowest BCUT2D eigenvalue weighted by molar-refractivity contribution is 0.0697. The molecule has 1 aromatic heterocycles. The molecular formula is C14H8F2N2O3. The van der Waals surface area contributed by atoms with Gasteiger partial charge in [-0.2, -0.15) is 0 Å². The van der Waals surface area contributed by atoms with E-state index in [4.69, 9.17) is 5.11 Å². The molecule has 0 aliphatic heterocycles. The maximum atomic E-state index is 13.9. The summed E-state index contributed by atoms with van der Waals surface area (Å²) in [5.41, 5.74) is -0.545. The average molecular weight is 290 g/mol. The highest BCUT2D eigenvalue weighted by Crippen LogP contribution is 2.20. The number of H-pyrrole nitrogens is 1. The average Bonchev–Trinajstić information content (AvgIpc) is 2.77. The first kappa shape index (κ1) is 13.0. The van der Waals surface area contributed by atoms with Crippen molar-refractivity contribution in [3.8, 4) is 5.69 Å². The lowest BCUT2D eigenvalue weighted by Crippen LogP contribution is -2.16. The van der Waals surface area contributed by atoms with Gasteiger partial charge in [-0.3, -0.25) is 4.57 Å². The Kier molecular flexibility index (Phi) is 2.83. The van der Waals surface area contributed by atoms with Crippen LogP contribution in [0.3, 0.4) is 0 Å². The van der Waals surface area contributed by atoms with E-state index in [0.717, 1.165) is 10.6 Å². The van der Waals surface area contributed by atoms with Crippen LogP contribution in [0, 0.1) is 11.6 Å². The summed E-state index contributed by atoms with van der Waals surface area (Å²) in [4.78, 5) is 25.4. The number of nitrogens with one attached hydrogen (secondary N) is 1. The van der Waals surface area contributed by atoms with Crippen molar-refractivity contribution in [2.24, 2.45) is 0 Å². The monoisotopic (exact) mass is 290 g/mol. The molecule has 0 saturated heterocycles. The highest BCUT2D eigenvalue weighted by Gasteiger charge is 2.16. The van der Waals surface area contributed by atoms with E-state index in [9.17, 15) is 18.4 Å². The molecule has 0 fully saturated rings. The molecule has 2 aromatic carbocycles. The van der Waals surface area contributed by atoms with Gasteiger partial charge in [-0.1, -0.05) is 6.07 Å². The molecule has 0 bridgehead atoms. The molecule has 0 amide bonds. The number of carboxylic acids is 1. The number of carboxylic acid groups (broad SMARTS) is 1. The quantitative estimate of drug-likeness (QED) is 0.760. The second kappa shape index (κ2) is 4.55. The van der Waals surface area contributed by atoms with Gasteiger partial charge in [0.15, 0.2) is 11.6 Å². The Morgan fingerprint density at radius 1 is 1.19 bits per heavy atom. The molecule has 7 heteroatoms. The molecule has 3 aromatic rings.